The van der Waals surface area contributed by atoms with Crippen LogP contribution < -0.4 is 0 Å². The third-order valence-corrected chi connectivity index (χ3v) is 3.48. The summed E-state index contributed by atoms with van der Waals surface area (Å²) in [6, 6.07) is 0.353. The van der Waals surface area contributed by atoms with Gasteiger partial charge in [-0.25, -0.2) is 0 Å². The molecule has 0 spiro atoms. The van der Waals surface area contributed by atoms with Crippen molar-refractivity contribution in [1.82, 2.24) is 9.78 Å². The van der Waals surface area contributed by atoms with Crippen LogP contribution in [0.2, 0.25) is 5.02 Å². The average Bonchev–Trinajstić information content (AvgIpc) is 2.45. The monoisotopic (exact) mass is 278 g/mol. The van der Waals surface area contributed by atoms with Gasteiger partial charge in [-0.1, -0.05) is 41.4 Å². The molecule has 0 aromatic carbocycles. The van der Waals surface area contributed by atoms with Gasteiger partial charge >= 0.3 is 0 Å². The molecule has 4 heteroatoms. The number of aromatic nitrogens is 2. The zero-order chi connectivity index (χ0) is 10.9. The second-order valence-corrected chi connectivity index (χ2v) is 5.73. The quantitative estimate of drug-likeness (QED) is 0.765. The van der Waals surface area contributed by atoms with E-state index in [1.165, 1.54) is 0 Å². The van der Waals surface area contributed by atoms with E-state index < -0.39 is 0 Å². The second-order valence-electron chi connectivity index (χ2n) is 3.88. The van der Waals surface area contributed by atoms with E-state index in [-0.39, 0.29) is 0 Å². The highest BCUT2D eigenvalue weighted by Crippen LogP contribution is 2.31. The van der Waals surface area contributed by atoms with E-state index in [4.69, 9.17) is 11.6 Å². The molecule has 0 N–H and O–H groups in total. The van der Waals surface area contributed by atoms with Gasteiger partial charge in [-0.05, 0) is 13.8 Å². The fourth-order valence-corrected chi connectivity index (χ4v) is 1.96. The molecule has 1 heterocycles. The molecule has 80 valence electrons. The van der Waals surface area contributed by atoms with Crippen LogP contribution >= 0.6 is 27.5 Å². The molecule has 14 heavy (non-hydrogen) atoms. The van der Waals surface area contributed by atoms with E-state index in [2.05, 4.69) is 48.7 Å². The first-order valence-corrected chi connectivity index (χ1v) is 6.11. The van der Waals surface area contributed by atoms with E-state index in [0.29, 0.717) is 16.8 Å². The first-order valence-electron chi connectivity index (χ1n) is 4.82. The Balaban J connectivity index is 3.10. The van der Waals surface area contributed by atoms with Crippen LogP contribution in [0.25, 0.3) is 0 Å². The van der Waals surface area contributed by atoms with Crippen molar-refractivity contribution < 1.29 is 0 Å². The van der Waals surface area contributed by atoms with E-state index in [1.54, 1.807) is 6.20 Å². The summed E-state index contributed by atoms with van der Waals surface area (Å²) in [5.41, 5.74) is 1.12. The van der Waals surface area contributed by atoms with Gasteiger partial charge in [0.1, 0.15) is 0 Å². The van der Waals surface area contributed by atoms with Crippen LogP contribution in [0.1, 0.15) is 45.3 Å². The summed E-state index contributed by atoms with van der Waals surface area (Å²) in [6.07, 6.45) is 1.72. The van der Waals surface area contributed by atoms with Gasteiger partial charge < -0.3 is 0 Å². The lowest BCUT2D eigenvalue weighted by molar-refractivity contribution is 0.491. The highest BCUT2D eigenvalue weighted by Gasteiger charge is 2.21. The van der Waals surface area contributed by atoms with Crippen molar-refractivity contribution in [1.29, 1.82) is 0 Å². The van der Waals surface area contributed by atoms with Gasteiger partial charge in [-0.15, -0.1) is 0 Å². The minimum atomic E-state index is 0.353. The molecule has 0 saturated heterocycles. The molecule has 0 aliphatic rings. The summed E-state index contributed by atoms with van der Waals surface area (Å²) in [5.74, 6) is 0.368. The van der Waals surface area contributed by atoms with Crippen LogP contribution in [0.4, 0.5) is 0 Å². The number of halogens is 2. The molecular formula is C10H16BrClN2. The van der Waals surface area contributed by atoms with Gasteiger partial charge in [0.05, 0.1) is 16.9 Å². The molecule has 2 atom stereocenters. The molecule has 0 bridgehead atoms. The third-order valence-electron chi connectivity index (χ3n) is 2.40. The Labute approximate surface area is 98.8 Å². The second kappa shape index (κ2) is 4.67. The van der Waals surface area contributed by atoms with E-state index >= 15 is 0 Å². The highest BCUT2D eigenvalue weighted by molar-refractivity contribution is 9.09. The van der Waals surface area contributed by atoms with Crippen LogP contribution in [0.5, 0.6) is 0 Å². The number of rotatable bonds is 3. The van der Waals surface area contributed by atoms with Crippen molar-refractivity contribution in [3.63, 3.8) is 0 Å². The normalized spacial score (nSPS) is 15.9. The first kappa shape index (κ1) is 12.1. The Bertz CT molecular complexity index is 307. The van der Waals surface area contributed by atoms with Crippen molar-refractivity contribution >= 4 is 27.5 Å². The average molecular weight is 280 g/mol. The molecule has 1 aromatic rings. The third kappa shape index (κ3) is 2.31. The Kier molecular flexibility index (Phi) is 4.02. The van der Waals surface area contributed by atoms with Gasteiger partial charge in [-0.3, -0.25) is 4.68 Å². The Morgan fingerprint density at radius 2 is 1.93 bits per heavy atom. The number of alkyl halides is 1. The van der Waals surface area contributed by atoms with Crippen molar-refractivity contribution in [2.24, 2.45) is 0 Å². The van der Waals surface area contributed by atoms with E-state index in [9.17, 15) is 0 Å². The van der Waals surface area contributed by atoms with Gasteiger partial charge in [0, 0.05) is 16.8 Å². The molecule has 0 aliphatic carbocycles. The molecular weight excluding hydrogens is 263 g/mol. The minimum absolute atomic E-state index is 0.353. The Morgan fingerprint density at radius 1 is 1.36 bits per heavy atom. The zero-order valence-electron chi connectivity index (χ0n) is 8.96. The summed E-state index contributed by atoms with van der Waals surface area (Å²) < 4.78 is 1.99. The number of hydrogen-bond donors (Lipinski definition) is 0. The molecule has 2 unspecified atom stereocenters. The molecule has 0 radical (unpaired) electrons. The first-order chi connectivity index (χ1) is 6.45. The standard InChI is InChI=1S/C10H16BrClN2/c1-6(2)14-10(7(3)8(4)11)9(12)5-13-14/h5-8H,1-4H3. The molecule has 0 fully saturated rings. The number of hydrogen-bond acceptors (Lipinski definition) is 1. The van der Waals surface area contributed by atoms with Crippen LogP contribution in [-0.2, 0) is 0 Å². The minimum Gasteiger partial charge on any atom is -0.265 e. The predicted octanol–water partition coefficient (Wildman–Crippen LogP) is 4.00. The molecule has 1 rings (SSSR count). The maximum Gasteiger partial charge on any atom is 0.0821 e. The van der Waals surface area contributed by atoms with Gasteiger partial charge in [0.15, 0.2) is 0 Å². The predicted molar refractivity (Wildman–Crippen MR) is 64.4 cm³/mol. The van der Waals surface area contributed by atoms with Crippen molar-refractivity contribution in [3.05, 3.63) is 16.9 Å². The van der Waals surface area contributed by atoms with Crippen molar-refractivity contribution in [3.8, 4) is 0 Å². The van der Waals surface area contributed by atoms with Gasteiger partial charge in [0.25, 0.3) is 0 Å². The highest BCUT2D eigenvalue weighted by atomic mass is 79.9. The van der Waals surface area contributed by atoms with E-state index in [0.717, 1.165) is 10.7 Å². The smallest absolute Gasteiger partial charge is 0.0821 e. The van der Waals surface area contributed by atoms with Crippen molar-refractivity contribution in [2.75, 3.05) is 0 Å². The van der Waals surface area contributed by atoms with E-state index in [1.807, 2.05) is 4.68 Å². The molecule has 1 aromatic heterocycles. The summed E-state index contributed by atoms with van der Waals surface area (Å²) in [7, 11) is 0. The summed E-state index contributed by atoms with van der Waals surface area (Å²) in [6.45, 7) is 8.50. The zero-order valence-corrected chi connectivity index (χ0v) is 11.3. The summed E-state index contributed by atoms with van der Waals surface area (Å²) in [4.78, 5) is 0.397. The summed E-state index contributed by atoms with van der Waals surface area (Å²) >= 11 is 9.70. The maximum atomic E-state index is 6.12. The van der Waals surface area contributed by atoms with Crippen LogP contribution in [0, 0.1) is 0 Å². The SMILES string of the molecule is CC(Br)C(C)c1c(Cl)cnn1C(C)C. The van der Waals surface area contributed by atoms with Crippen LogP contribution in [-0.4, -0.2) is 14.6 Å². The van der Waals surface area contributed by atoms with Crippen LogP contribution in [0.15, 0.2) is 6.20 Å². The molecule has 0 aliphatic heterocycles. The lowest BCUT2D eigenvalue weighted by atomic mass is 10.0. The molecule has 2 nitrogen and oxygen atoms in total. The number of nitrogens with zero attached hydrogens (tertiary/aromatic N) is 2. The molecule has 0 saturated carbocycles. The summed E-state index contributed by atoms with van der Waals surface area (Å²) in [5, 5.41) is 5.04. The van der Waals surface area contributed by atoms with Crippen LogP contribution in [0.3, 0.4) is 0 Å². The largest absolute Gasteiger partial charge is 0.265 e. The van der Waals surface area contributed by atoms with Crippen molar-refractivity contribution in [2.45, 2.75) is 44.5 Å². The topological polar surface area (TPSA) is 17.8 Å². The molecule has 0 amide bonds. The lowest BCUT2D eigenvalue weighted by Gasteiger charge is -2.19. The van der Waals surface area contributed by atoms with Gasteiger partial charge in [0.2, 0.25) is 0 Å². The van der Waals surface area contributed by atoms with Gasteiger partial charge in [-0.2, -0.15) is 5.10 Å². The maximum absolute atomic E-state index is 6.12. The lowest BCUT2D eigenvalue weighted by Crippen LogP contribution is -2.14. The fraction of sp³-hybridized carbons (Fsp3) is 0.700. The Morgan fingerprint density at radius 3 is 2.36 bits per heavy atom. The fourth-order valence-electron chi connectivity index (χ4n) is 1.41. The Hall–Kier alpha value is -0.0200.